The largest absolute Gasteiger partial charge is 0.309 e. The SMILES string of the molecule is c1ccc([Si](c2ccccc2)(c2cccc(-n3c4ccccc4c4ccccc43)c2)c2cc(-n3c4ccccc4c4ccccc43)nc(-n3c4ccccc4c4ccccc43)c2)cc1. The van der Waals surface area contributed by atoms with Crippen molar-refractivity contribution in [1.29, 1.82) is 0 Å². The normalized spacial score (nSPS) is 12.1. The van der Waals surface area contributed by atoms with E-state index in [1.54, 1.807) is 0 Å². The van der Waals surface area contributed by atoms with Crippen LogP contribution in [0.2, 0.25) is 0 Å². The zero-order valence-electron chi connectivity index (χ0n) is 34.9. The summed E-state index contributed by atoms with van der Waals surface area (Å²) in [6.07, 6.45) is 0. The van der Waals surface area contributed by atoms with Crippen LogP contribution in [0.5, 0.6) is 0 Å². The molecule has 0 atom stereocenters. The highest BCUT2D eigenvalue weighted by atomic mass is 28.3. The maximum absolute atomic E-state index is 5.78. The van der Waals surface area contributed by atoms with E-state index in [1.165, 1.54) is 64.1 Å². The second kappa shape index (κ2) is 14.4. The minimum Gasteiger partial charge on any atom is -0.309 e. The molecule has 0 bridgehead atoms. The molecule has 13 aromatic rings. The van der Waals surface area contributed by atoms with E-state index >= 15 is 0 Å². The number of hydrogen-bond acceptors (Lipinski definition) is 1. The lowest BCUT2D eigenvalue weighted by atomic mass is 10.2. The minimum absolute atomic E-state index is 0.883. The molecule has 0 amide bonds. The van der Waals surface area contributed by atoms with Crippen molar-refractivity contribution in [1.82, 2.24) is 18.7 Å². The lowest BCUT2D eigenvalue weighted by Gasteiger charge is -2.35. The third-order valence-corrected chi connectivity index (χ3v) is 18.1. The molecule has 300 valence electrons. The number of fused-ring (bicyclic) bond motifs is 9. The maximum Gasteiger partial charge on any atom is 0.179 e. The first kappa shape index (κ1) is 36.4. The fourth-order valence-electron chi connectivity index (χ4n) is 10.7. The molecule has 9 aromatic carbocycles. The standard InChI is InChI=1S/C59H40N4Si/c1-3-21-42(22-4-1)64(43-23-5-2-6-24-43,44-25-19-20-41(38-44)61-52-32-13-7-26-46(52)47-27-8-14-33-53(47)61)45-39-58(62-54-34-15-9-28-48(54)49-29-10-16-35-55(49)62)60-59(40-45)63-56-36-17-11-30-50(56)51-31-12-18-37-57(51)63/h1-40H. The fourth-order valence-corrected chi connectivity index (χ4v) is 15.5. The molecule has 0 radical (unpaired) electrons. The number of rotatable bonds is 7. The van der Waals surface area contributed by atoms with Gasteiger partial charge in [0.25, 0.3) is 0 Å². The summed E-state index contributed by atoms with van der Waals surface area (Å²) < 4.78 is 7.22. The van der Waals surface area contributed by atoms with E-state index in [1.807, 2.05) is 0 Å². The van der Waals surface area contributed by atoms with Gasteiger partial charge in [0, 0.05) is 38.0 Å². The summed E-state index contributed by atoms with van der Waals surface area (Å²) in [5, 5.41) is 12.5. The summed E-state index contributed by atoms with van der Waals surface area (Å²) in [4.78, 5) is 5.78. The Labute approximate surface area is 371 Å². The van der Waals surface area contributed by atoms with Crippen LogP contribution in [0.1, 0.15) is 0 Å². The summed E-state index contributed by atoms with van der Waals surface area (Å²) in [5.74, 6) is 1.77. The van der Waals surface area contributed by atoms with Crippen LogP contribution >= 0.6 is 0 Å². The number of hydrogen-bond donors (Lipinski definition) is 0. The molecule has 0 aliphatic carbocycles. The van der Waals surface area contributed by atoms with Gasteiger partial charge in [0.2, 0.25) is 0 Å². The zero-order chi connectivity index (χ0) is 42.2. The van der Waals surface area contributed by atoms with Crippen molar-refractivity contribution in [3.63, 3.8) is 0 Å². The Bertz CT molecular complexity index is 3580. The van der Waals surface area contributed by atoms with Crippen molar-refractivity contribution in [2.75, 3.05) is 0 Å². The Kier molecular flexibility index (Phi) is 8.20. The molecule has 0 unspecified atom stereocenters. The predicted molar refractivity (Wildman–Crippen MR) is 271 cm³/mol. The predicted octanol–water partition coefficient (Wildman–Crippen LogP) is 11.8. The zero-order valence-corrected chi connectivity index (χ0v) is 35.9. The lowest BCUT2D eigenvalue weighted by molar-refractivity contribution is 1.02. The molecule has 0 N–H and O–H groups in total. The van der Waals surface area contributed by atoms with Crippen LogP contribution < -0.4 is 20.7 Å². The molecule has 0 saturated heterocycles. The van der Waals surface area contributed by atoms with Crippen LogP contribution in [0.25, 0.3) is 82.7 Å². The fraction of sp³-hybridized carbons (Fsp3) is 0. The number of nitrogens with zero attached hydrogens (tertiary/aromatic N) is 4. The van der Waals surface area contributed by atoms with Crippen molar-refractivity contribution in [3.05, 3.63) is 243 Å². The van der Waals surface area contributed by atoms with Gasteiger partial charge in [0.15, 0.2) is 8.07 Å². The van der Waals surface area contributed by atoms with E-state index in [-0.39, 0.29) is 0 Å². The first-order chi connectivity index (χ1) is 31.8. The van der Waals surface area contributed by atoms with Crippen LogP contribution in [-0.4, -0.2) is 26.8 Å². The number of pyridine rings is 1. The third kappa shape index (κ3) is 5.31. The molecule has 0 saturated carbocycles. The molecule has 0 spiro atoms. The van der Waals surface area contributed by atoms with Gasteiger partial charge in [-0.1, -0.05) is 182 Å². The monoisotopic (exact) mass is 832 g/mol. The Hall–Kier alpha value is -8.25. The number of para-hydroxylation sites is 6. The first-order valence-corrected chi connectivity index (χ1v) is 24.0. The van der Waals surface area contributed by atoms with Crippen LogP contribution in [0, 0.1) is 0 Å². The van der Waals surface area contributed by atoms with E-state index < -0.39 is 8.07 Å². The van der Waals surface area contributed by atoms with Crippen molar-refractivity contribution in [2.45, 2.75) is 0 Å². The molecule has 0 aliphatic heterocycles. The topological polar surface area (TPSA) is 27.7 Å². The molecular weight excluding hydrogens is 793 g/mol. The Balaban J connectivity index is 1.19. The average Bonchev–Trinajstić information content (AvgIpc) is 4.01. The maximum atomic E-state index is 5.78. The van der Waals surface area contributed by atoms with Gasteiger partial charge in [0.1, 0.15) is 11.6 Å². The van der Waals surface area contributed by atoms with E-state index in [4.69, 9.17) is 4.98 Å². The number of benzene rings is 9. The van der Waals surface area contributed by atoms with Gasteiger partial charge in [-0.15, -0.1) is 0 Å². The van der Waals surface area contributed by atoms with E-state index in [0.717, 1.165) is 39.4 Å². The highest BCUT2D eigenvalue weighted by Gasteiger charge is 2.43. The summed E-state index contributed by atoms with van der Waals surface area (Å²) in [7, 11) is -3.22. The summed E-state index contributed by atoms with van der Waals surface area (Å²) in [5.41, 5.74) is 8.03. The molecular formula is C59H40N4Si. The van der Waals surface area contributed by atoms with Crippen molar-refractivity contribution in [2.24, 2.45) is 0 Å². The molecule has 0 aliphatic rings. The molecule has 4 heterocycles. The number of aromatic nitrogens is 4. The summed E-state index contributed by atoms with van der Waals surface area (Å²) >= 11 is 0. The second-order valence-corrected chi connectivity index (χ2v) is 20.5. The smallest absolute Gasteiger partial charge is 0.179 e. The van der Waals surface area contributed by atoms with Crippen LogP contribution in [0.4, 0.5) is 0 Å². The summed E-state index contributed by atoms with van der Waals surface area (Å²) in [6, 6.07) is 89.3. The van der Waals surface area contributed by atoms with Crippen LogP contribution in [0.3, 0.4) is 0 Å². The van der Waals surface area contributed by atoms with Crippen molar-refractivity contribution < 1.29 is 0 Å². The average molecular weight is 833 g/mol. The molecule has 5 heteroatoms. The van der Waals surface area contributed by atoms with E-state index in [9.17, 15) is 0 Å². The third-order valence-electron chi connectivity index (χ3n) is 13.4. The minimum atomic E-state index is -3.22. The molecule has 64 heavy (non-hydrogen) atoms. The molecule has 0 fully saturated rings. The Morgan fingerprint density at radius 3 is 0.938 bits per heavy atom. The van der Waals surface area contributed by atoms with Crippen LogP contribution in [0.15, 0.2) is 243 Å². The van der Waals surface area contributed by atoms with E-state index in [0.29, 0.717) is 0 Å². The van der Waals surface area contributed by atoms with Gasteiger partial charge in [-0.3, -0.25) is 9.13 Å². The van der Waals surface area contributed by atoms with Gasteiger partial charge in [-0.25, -0.2) is 4.98 Å². The lowest BCUT2D eigenvalue weighted by Crippen LogP contribution is -2.75. The highest BCUT2D eigenvalue weighted by molar-refractivity contribution is 7.20. The van der Waals surface area contributed by atoms with Gasteiger partial charge < -0.3 is 4.57 Å². The van der Waals surface area contributed by atoms with Crippen molar-refractivity contribution in [3.8, 4) is 17.3 Å². The Morgan fingerprint density at radius 2 is 0.562 bits per heavy atom. The van der Waals surface area contributed by atoms with Crippen molar-refractivity contribution >= 4 is 94.2 Å². The second-order valence-electron chi connectivity index (χ2n) is 16.7. The molecule has 13 rings (SSSR count). The first-order valence-electron chi connectivity index (χ1n) is 22.0. The highest BCUT2D eigenvalue weighted by Crippen LogP contribution is 2.35. The van der Waals surface area contributed by atoms with Crippen LogP contribution in [-0.2, 0) is 0 Å². The molecule has 4 nitrogen and oxygen atoms in total. The van der Waals surface area contributed by atoms with Gasteiger partial charge in [0.05, 0.1) is 33.1 Å². The Morgan fingerprint density at radius 1 is 0.250 bits per heavy atom. The van der Waals surface area contributed by atoms with E-state index in [2.05, 4.69) is 256 Å². The quantitative estimate of drug-likeness (QED) is 0.116. The molecule has 4 aromatic heterocycles. The summed E-state index contributed by atoms with van der Waals surface area (Å²) in [6.45, 7) is 0. The van der Waals surface area contributed by atoms with Gasteiger partial charge >= 0.3 is 0 Å². The van der Waals surface area contributed by atoms with Gasteiger partial charge in [-0.05, 0) is 81.4 Å². The van der Waals surface area contributed by atoms with Gasteiger partial charge in [-0.2, -0.15) is 0 Å².